The van der Waals surface area contributed by atoms with Crippen LogP contribution in [0.1, 0.15) is 43.0 Å². The van der Waals surface area contributed by atoms with Gasteiger partial charge in [0.15, 0.2) is 23.0 Å². The van der Waals surface area contributed by atoms with E-state index in [1.54, 1.807) is 25.3 Å². The fourth-order valence-corrected chi connectivity index (χ4v) is 6.05. The van der Waals surface area contributed by atoms with Crippen LogP contribution in [0.3, 0.4) is 0 Å². The van der Waals surface area contributed by atoms with Gasteiger partial charge in [0, 0.05) is 80.7 Å². The first-order valence-electron chi connectivity index (χ1n) is 17.9. The maximum Gasteiger partial charge on any atom is 0.161 e. The maximum atomic E-state index is 10.9. The molecule has 2 aliphatic heterocycles. The van der Waals surface area contributed by atoms with Gasteiger partial charge in [-0.15, -0.1) is 0 Å². The van der Waals surface area contributed by atoms with E-state index in [2.05, 4.69) is 115 Å². The number of phenols is 1. The SMILES string of the molecule is BrCc1ccc(CBr)cc1.CN1CCNCC1.COc1cc(C=O)ccc1O.COc1cc(C=O)ccc1OCc1ccc(CN2CCN(C)CC2)cc1. The number of carbonyl (C=O) groups is 2. The number of rotatable bonds is 11. The number of piperazine rings is 2. The zero-order valence-electron chi connectivity index (χ0n) is 31.8. The lowest BCUT2D eigenvalue weighted by Crippen LogP contribution is -2.43. The number of hydrogen-bond donors (Lipinski definition) is 2. The molecule has 292 valence electrons. The molecule has 54 heavy (non-hydrogen) atoms. The summed E-state index contributed by atoms with van der Waals surface area (Å²) in [5.74, 6) is 1.56. The lowest BCUT2D eigenvalue weighted by Gasteiger charge is -2.32. The third-order valence-corrected chi connectivity index (χ3v) is 10.1. The molecule has 2 heterocycles. The first-order chi connectivity index (χ1) is 26.2. The molecule has 2 fully saturated rings. The molecule has 0 atom stereocenters. The maximum absolute atomic E-state index is 10.9. The molecule has 2 saturated heterocycles. The molecule has 6 rings (SSSR count). The molecular formula is C42H54Br2N4O6. The van der Waals surface area contributed by atoms with Crippen LogP contribution < -0.4 is 19.5 Å². The number of nitrogens with zero attached hydrogens (tertiary/aromatic N) is 3. The summed E-state index contributed by atoms with van der Waals surface area (Å²) in [7, 11) is 7.34. The number of phenolic OH excluding ortho intramolecular Hbond substituents is 1. The molecule has 0 unspecified atom stereocenters. The Morgan fingerprint density at radius 1 is 0.630 bits per heavy atom. The highest BCUT2D eigenvalue weighted by atomic mass is 79.9. The number of ether oxygens (including phenoxy) is 3. The van der Waals surface area contributed by atoms with Crippen LogP contribution >= 0.6 is 31.9 Å². The Morgan fingerprint density at radius 3 is 1.59 bits per heavy atom. The molecule has 0 aliphatic carbocycles. The van der Waals surface area contributed by atoms with Gasteiger partial charge in [0.05, 0.1) is 14.2 Å². The van der Waals surface area contributed by atoms with E-state index in [1.807, 2.05) is 0 Å². The van der Waals surface area contributed by atoms with Gasteiger partial charge in [-0.3, -0.25) is 14.5 Å². The van der Waals surface area contributed by atoms with Crippen LogP contribution in [-0.4, -0.2) is 113 Å². The largest absolute Gasteiger partial charge is 0.504 e. The van der Waals surface area contributed by atoms with E-state index < -0.39 is 0 Å². The van der Waals surface area contributed by atoms with Crippen LogP contribution in [0.15, 0.2) is 84.9 Å². The van der Waals surface area contributed by atoms with Crippen molar-refractivity contribution in [3.05, 3.63) is 118 Å². The number of aldehydes is 2. The molecule has 0 aromatic heterocycles. The Labute approximate surface area is 337 Å². The zero-order valence-corrected chi connectivity index (χ0v) is 35.0. The van der Waals surface area contributed by atoms with Gasteiger partial charge in [0.25, 0.3) is 0 Å². The van der Waals surface area contributed by atoms with Crippen LogP contribution in [-0.2, 0) is 23.8 Å². The van der Waals surface area contributed by atoms with Crippen LogP contribution in [0.5, 0.6) is 23.0 Å². The molecule has 10 nitrogen and oxygen atoms in total. The van der Waals surface area contributed by atoms with Crippen molar-refractivity contribution in [2.24, 2.45) is 0 Å². The summed E-state index contributed by atoms with van der Waals surface area (Å²) in [6, 6.07) is 26.7. The first kappa shape index (κ1) is 44.6. The van der Waals surface area contributed by atoms with Gasteiger partial charge in [0.2, 0.25) is 0 Å². The Kier molecular flexibility index (Phi) is 20.9. The summed E-state index contributed by atoms with van der Waals surface area (Å²) in [5, 5.41) is 14.2. The normalized spacial score (nSPS) is 14.5. The van der Waals surface area contributed by atoms with Gasteiger partial charge < -0.3 is 34.4 Å². The summed E-state index contributed by atoms with van der Waals surface area (Å²) >= 11 is 6.78. The highest BCUT2D eigenvalue weighted by Gasteiger charge is 2.14. The van der Waals surface area contributed by atoms with E-state index in [0.29, 0.717) is 41.3 Å². The van der Waals surface area contributed by atoms with Crippen molar-refractivity contribution in [2.45, 2.75) is 23.8 Å². The van der Waals surface area contributed by atoms with Gasteiger partial charge in [-0.2, -0.15) is 0 Å². The topological polar surface area (TPSA) is 104 Å². The molecule has 0 spiro atoms. The Hall–Kier alpha value is -3.78. The molecule has 4 aromatic carbocycles. The third kappa shape index (κ3) is 16.3. The predicted molar refractivity (Wildman–Crippen MR) is 224 cm³/mol. The minimum absolute atomic E-state index is 0.0399. The van der Waals surface area contributed by atoms with Crippen molar-refractivity contribution in [3.8, 4) is 23.0 Å². The third-order valence-electron chi connectivity index (χ3n) is 8.76. The second-order valence-corrected chi connectivity index (χ2v) is 14.0. The van der Waals surface area contributed by atoms with Crippen molar-refractivity contribution in [2.75, 3.05) is 80.7 Å². The van der Waals surface area contributed by atoms with E-state index in [9.17, 15) is 9.59 Å². The fourth-order valence-electron chi connectivity index (χ4n) is 5.30. The van der Waals surface area contributed by atoms with E-state index >= 15 is 0 Å². The minimum atomic E-state index is 0.0399. The number of methoxy groups -OCH3 is 2. The number of aromatic hydroxyl groups is 1. The lowest BCUT2D eigenvalue weighted by atomic mass is 10.1. The number of carbonyl (C=O) groups excluding carboxylic acids is 2. The van der Waals surface area contributed by atoms with Crippen LogP contribution in [0.4, 0.5) is 0 Å². The smallest absolute Gasteiger partial charge is 0.161 e. The molecule has 0 amide bonds. The number of benzene rings is 4. The van der Waals surface area contributed by atoms with Crippen molar-refractivity contribution in [1.29, 1.82) is 0 Å². The van der Waals surface area contributed by atoms with Gasteiger partial charge in [0.1, 0.15) is 19.2 Å². The van der Waals surface area contributed by atoms with Crippen molar-refractivity contribution >= 4 is 44.4 Å². The summed E-state index contributed by atoms with van der Waals surface area (Å²) in [6.07, 6.45) is 1.49. The molecule has 4 aromatic rings. The summed E-state index contributed by atoms with van der Waals surface area (Å²) in [6.45, 7) is 10.7. The number of nitrogens with one attached hydrogen (secondary N) is 1. The van der Waals surface area contributed by atoms with Gasteiger partial charge in [-0.05, 0) is 72.7 Å². The molecular weight excluding hydrogens is 816 g/mol. The highest BCUT2D eigenvalue weighted by molar-refractivity contribution is 9.08. The number of hydrogen-bond acceptors (Lipinski definition) is 10. The monoisotopic (exact) mass is 868 g/mol. The Bertz CT molecular complexity index is 1640. The second kappa shape index (κ2) is 25.3. The molecule has 0 radical (unpaired) electrons. The molecule has 0 saturated carbocycles. The van der Waals surface area contributed by atoms with Crippen LogP contribution in [0.2, 0.25) is 0 Å². The molecule has 2 aliphatic rings. The average Bonchev–Trinajstić information content (AvgIpc) is 3.22. The Morgan fingerprint density at radius 2 is 1.11 bits per heavy atom. The summed E-state index contributed by atoms with van der Waals surface area (Å²) < 4.78 is 15.9. The number of likely N-dealkylation sites (N-methyl/N-ethyl adjacent to an activating group) is 2. The highest BCUT2D eigenvalue weighted by Crippen LogP contribution is 2.28. The van der Waals surface area contributed by atoms with E-state index in [0.717, 1.165) is 68.3 Å². The van der Waals surface area contributed by atoms with E-state index in [-0.39, 0.29) is 5.75 Å². The van der Waals surface area contributed by atoms with Crippen molar-refractivity contribution in [1.82, 2.24) is 20.0 Å². The van der Waals surface area contributed by atoms with E-state index in [4.69, 9.17) is 19.3 Å². The minimum Gasteiger partial charge on any atom is -0.504 e. The van der Waals surface area contributed by atoms with Crippen LogP contribution in [0.25, 0.3) is 0 Å². The molecule has 12 heteroatoms. The van der Waals surface area contributed by atoms with Crippen LogP contribution in [0, 0.1) is 0 Å². The van der Waals surface area contributed by atoms with Gasteiger partial charge in [-0.1, -0.05) is 80.4 Å². The summed E-state index contributed by atoms with van der Waals surface area (Å²) in [4.78, 5) is 28.3. The quantitative estimate of drug-likeness (QED) is 0.121. The average molecular weight is 871 g/mol. The number of halogens is 2. The van der Waals surface area contributed by atoms with Crippen molar-refractivity contribution < 1.29 is 28.9 Å². The first-order valence-corrected chi connectivity index (χ1v) is 20.1. The predicted octanol–water partition coefficient (Wildman–Crippen LogP) is 7.05. The molecule has 2 N–H and O–H groups in total. The second-order valence-electron chi connectivity index (χ2n) is 12.9. The summed E-state index contributed by atoms with van der Waals surface area (Å²) in [5.41, 5.74) is 6.14. The van der Waals surface area contributed by atoms with Gasteiger partial charge in [-0.25, -0.2) is 0 Å². The Balaban J connectivity index is 0.000000228. The lowest BCUT2D eigenvalue weighted by molar-refractivity contribution is 0.111. The van der Waals surface area contributed by atoms with Gasteiger partial charge >= 0.3 is 0 Å². The van der Waals surface area contributed by atoms with Crippen molar-refractivity contribution in [3.63, 3.8) is 0 Å². The van der Waals surface area contributed by atoms with E-state index in [1.165, 1.54) is 55.1 Å². The standard InChI is InChI=1S/C21H26N2O3.C8H8Br2.C8H8O3.C5H12N2/c1-22-9-11-23(12-10-22)14-17-3-5-18(6-4-17)16-26-20-8-7-19(15-24)13-21(20)25-2;9-5-7-1-2-8(6-10)4-3-7;1-11-8-4-6(5-9)2-3-7(8)10;1-7-4-2-6-3-5-7/h3-8,13,15H,9-12,14,16H2,1-2H3;1-4H,5-6H2;2-5,10H,1H3;6H,2-5H2,1H3. The molecule has 0 bridgehead atoms. The fraction of sp³-hybridized carbons (Fsp3) is 0.381. The zero-order chi connectivity index (χ0) is 39.1. The number of alkyl halides is 2.